The van der Waals surface area contributed by atoms with Crippen molar-refractivity contribution >= 4 is 27.5 Å². The average Bonchev–Trinajstić information content (AvgIpc) is 2.26. The number of carbonyl (C=O) groups excluding carboxylic acids is 1. The first kappa shape index (κ1) is 13.7. The van der Waals surface area contributed by atoms with Crippen molar-refractivity contribution in [2.75, 3.05) is 38.3 Å². The fourth-order valence-corrected chi connectivity index (χ4v) is 2.58. The number of halogens is 1. The number of nitrogens with zero attached hydrogens (tertiary/aromatic N) is 2. The number of hydrogen-bond donors (Lipinski definition) is 0. The summed E-state index contributed by atoms with van der Waals surface area (Å²) < 4.78 is 23.9. The largest absolute Gasteiger partial charge is 0.340 e. The van der Waals surface area contributed by atoms with Crippen LogP contribution in [-0.4, -0.2) is 61.8 Å². The summed E-state index contributed by atoms with van der Waals surface area (Å²) in [7, 11) is -3.13. The van der Waals surface area contributed by atoms with E-state index in [1.165, 1.54) is 10.6 Å². The summed E-state index contributed by atoms with van der Waals surface area (Å²) in [5.74, 6) is 0.0973. The Morgan fingerprint density at radius 3 is 2.19 bits per heavy atom. The zero-order valence-corrected chi connectivity index (χ0v) is 11.1. The number of hydrogen-bond acceptors (Lipinski definition) is 3. The molecule has 94 valence electrons. The lowest BCUT2D eigenvalue weighted by atomic mass is 10.2. The predicted octanol–water partition coefficient (Wildman–Crippen LogP) is -0.0349. The van der Waals surface area contributed by atoms with Gasteiger partial charge in [0, 0.05) is 38.0 Å². The third-order valence-electron chi connectivity index (χ3n) is 2.67. The number of carbonyl (C=O) groups is 1. The van der Waals surface area contributed by atoms with E-state index in [0.29, 0.717) is 32.1 Å². The smallest absolute Gasteiger partial charge is 0.226 e. The number of sulfonamides is 1. The van der Waals surface area contributed by atoms with Crippen LogP contribution in [0.25, 0.3) is 0 Å². The molecule has 0 N–H and O–H groups in total. The number of alkyl halides is 1. The van der Waals surface area contributed by atoms with Crippen molar-refractivity contribution in [2.24, 2.45) is 5.92 Å². The first-order valence-electron chi connectivity index (χ1n) is 5.16. The molecule has 5 nitrogen and oxygen atoms in total. The molecule has 16 heavy (non-hydrogen) atoms. The summed E-state index contributed by atoms with van der Waals surface area (Å²) in [4.78, 5) is 13.4. The number of rotatable bonds is 3. The Labute approximate surface area is 101 Å². The second kappa shape index (κ2) is 5.33. The van der Waals surface area contributed by atoms with Crippen LogP contribution in [0.1, 0.15) is 6.92 Å². The molecule has 1 amide bonds. The molecule has 1 atom stereocenters. The summed E-state index contributed by atoms with van der Waals surface area (Å²) >= 11 is 5.61. The van der Waals surface area contributed by atoms with Crippen molar-refractivity contribution in [2.45, 2.75) is 6.92 Å². The van der Waals surface area contributed by atoms with Crippen LogP contribution in [0.3, 0.4) is 0 Å². The molecular weight excluding hydrogens is 252 g/mol. The minimum absolute atomic E-state index is 0.00292. The maximum absolute atomic E-state index is 11.8. The van der Waals surface area contributed by atoms with Crippen LogP contribution in [-0.2, 0) is 14.8 Å². The van der Waals surface area contributed by atoms with Gasteiger partial charge < -0.3 is 4.90 Å². The highest BCUT2D eigenvalue weighted by Gasteiger charge is 2.27. The van der Waals surface area contributed by atoms with Crippen molar-refractivity contribution < 1.29 is 13.2 Å². The van der Waals surface area contributed by atoms with E-state index in [1.807, 2.05) is 0 Å². The topological polar surface area (TPSA) is 57.7 Å². The SMILES string of the molecule is CC(CCl)C(=O)N1CCN(S(C)(=O)=O)CC1. The monoisotopic (exact) mass is 268 g/mol. The Bertz CT molecular complexity index is 350. The lowest BCUT2D eigenvalue weighted by Gasteiger charge is -2.34. The molecule has 0 aromatic rings. The Kier molecular flexibility index (Phi) is 4.58. The minimum Gasteiger partial charge on any atom is -0.340 e. The first-order chi connectivity index (χ1) is 7.36. The summed E-state index contributed by atoms with van der Waals surface area (Å²) in [6, 6.07) is 0. The van der Waals surface area contributed by atoms with Crippen molar-refractivity contribution in [1.29, 1.82) is 0 Å². The van der Waals surface area contributed by atoms with Gasteiger partial charge in [0.1, 0.15) is 0 Å². The Morgan fingerprint density at radius 1 is 1.31 bits per heavy atom. The predicted molar refractivity (Wildman–Crippen MR) is 62.9 cm³/mol. The molecule has 1 heterocycles. The molecule has 0 aliphatic carbocycles. The molecule has 1 aliphatic heterocycles. The van der Waals surface area contributed by atoms with E-state index in [4.69, 9.17) is 11.6 Å². The molecule has 1 aliphatic rings. The van der Waals surface area contributed by atoms with Crippen LogP contribution in [0.5, 0.6) is 0 Å². The second-order valence-electron chi connectivity index (χ2n) is 4.04. The van der Waals surface area contributed by atoms with E-state index in [2.05, 4.69) is 0 Å². The molecule has 7 heteroatoms. The van der Waals surface area contributed by atoms with Crippen LogP contribution in [0, 0.1) is 5.92 Å². The Hall–Kier alpha value is -0.330. The Morgan fingerprint density at radius 2 is 1.81 bits per heavy atom. The standard InChI is InChI=1S/C9H17ClN2O3S/c1-8(7-10)9(13)11-3-5-12(6-4-11)16(2,14)15/h8H,3-7H2,1-2H3. The second-order valence-corrected chi connectivity index (χ2v) is 6.33. The van der Waals surface area contributed by atoms with E-state index in [-0.39, 0.29) is 11.8 Å². The van der Waals surface area contributed by atoms with Gasteiger partial charge in [-0.25, -0.2) is 8.42 Å². The van der Waals surface area contributed by atoms with E-state index in [9.17, 15) is 13.2 Å². The van der Waals surface area contributed by atoms with Gasteiger partial charge in [0.15, 0.2) is 0 Å². The number of amides is 1. The molecule has 0 bridgehead atoms. The molecule has 1 fully saturated rings. The van der Waals surface area contributed by atoms with Crippen molar-refractivity contribution in [3.63, 3.8) is 0 Å². The van der Waals surface area contributed by atoms with E-state index in [1.54, 1.807) is 11.8 Å². The van der Waals surface area contributed by atoms with Crippen LogP contribution in [0.15, 0.2) is 0 Å². The summed E-state index contributed by atoms with van der Waals surface area (Å²) in [6.45, 7) is 3.43. The highest BCUT2D eigenvalue weighted by atomic mass is 35.5. The highest BCUT2D eigenvalue weighted by molar-refractivity contribution is 7.88. The molecule has 0 radical (unpaired) electrons. The molecule has 0 aromatic heterocycles. The van der Waals surface area contributed by atoms with Gasteiger partial charge in [-0.05, 0) is 0 Å². The van der Waals surface area contributed by atoms with Gasteiger partial charge in [0.2, 0.25) is 15.9 Å². The van der Waals surface area contributed by atoms with Crippen molar-refractivity contribution in [3.05, 3.63) is 0 Å². The summed E-state index contributed by atoms with van der Waals surface area (Å²) in [5, 5.41) is 0. The minimum atomic E-state index is -3.13. The van der Waals surface area contributed by atoms with E-state index >= 15 is 0 Å². The normalized spacial score (nSPS) is 20.8. The highest BCUT2D eigenvalue weighted by Crippen LogP contribution is 2.10. The van der Waals surface area contributed by atoms with Gasteiger partial charge in [-0.1, -0.05) is 6.92 Å². The zero-order valence-electron chi connectivity index (χ0n) is 9.52. The number of piperazine rings is 1. The zero-order chi connectivity index (χ0) is 12.3. The van der Waals surface area contributed by atoms with Gasteiger partial charge in [-0.2, -0.15) is 4.31 Å². The molecule has 0 saturated carbocycles. The fraction of sp³-hybridized carbons (Fsp3) is 0.889. The van der Waals surface area contributed by atoms with Crippen LogP contribution in [0.2, 0.25) is 0 Å². The quantitative estimate of drug-likeness (QED) is 0.675. The molecule has 0 spiro atoms. The van der Waals surface area contributed by atoms with Crippen molar-refractivity contribution in [3.8, 4) is 0 Å². The van der Waals surface area contributed by atoms with E-state index < -0.39 is 10.0 Å². The lowest BCUT2D eigenvalue weighted by Crippen LogP contribution is -2.51. The van der Waals surface area contributed by atoms with Crippen LogP contribution >= 0.6 is 11.6 Å². The third kappa shape index (κ3) is 3.33. The van der Waals surface area contributed by atoms with E-state index in [0.717, 1.165) is 0 Å². The van der Waals surface area contributed by atoms with Crippen molar-refractivity contribution in [1.82, 2.24) is 9.21 Å². The summed E-state index contributed by atoms with van der Waals surface area (Å²) in [6.07, 6.45) is 1.19. The van der Waals surface area contributed by atoms with Crippen LogP contribution in [0.4, 0.5) is 0 Å². The Balaban J connectivity index is 2.53. The maximum Gasteiger partial charge on any atom is 0.226 e. The molecular formula is C9H17ClN2O3S. The van der Waals surface area contributed by atoms with Gasteiger partial charge in [0.25, 0.3) is 0 Å². The average molecular weight is 269 g/mol. The van der Waals surface area contributed by atoms with Gasteiger partial charge in [-0.3, -0.25) is 4.79 Å². The maximum atomic E-state index is 11.8. The molecule has 1 saturated heterocycles. The van der Waals surface area contributed by atoms with Gasteiger partial charge >= 0.3 is 0 Å². The lowest BCUT2D eigenvalue weighted by molar-refractivity contribution is -0.135. The van der Waals surface area contributed by atoms with Gasteiger partial charge in [-0.15, -0.1) is 11.6 Å². The third-order valence-corrected chi connectivity index (χ3v) is 4.44. The fourth-order valence-electron chi connectivity index (χ4n) is 1.62. The molecule has 1 rings (SSSR count). The molecule has 1 unspecified atom stereocenters. The molecule has 0 aromatic carbocycles. The summed E-state index contributed by atoms with van der Waals surface area (Å²) in [5.41, 5.74) is 0. The van der Waals surface area contributed by atoms with Crippen LogP contribution < -0.4 is 0 Å². The van der Waals surface area contributed by atoms with Gasteiger partial charge in [0.05, 0.1) is 6.26 Å². The first-order valence-corrected chi connectivity index (χ1v) is 7.54.